The van der Waals surface area contributed by atoms with Crippen molar-refractivity contribution in [2.45, 2.75) is 56.8 Å². The molecule has 4 aliphatic heterocycles. The Bertz CT molecular complexity index is 1200. The zero-order valence-corrected chi connectivity index (χ0v) is 18.2. The Labute approximate surface area is 178 Å². The molecule has 7 rings (SSSR count). The molecule has 3 N–H and O–H groups in total. The lowest BCUT2D eigenvalue weighted by molar-refractivity contribution is 0.106. The van der Waals surface area contributed by atoms with Gasteiger partial charge in [-0.05, 0) is 28.7 Å². The Morgan fingerprint density at radius 1 is 0.967 bits per heavy atom. The first-order chi connectivity index (χ1) is 14.4. The van der Waals surface area contributed by atoms with Gasteiger partial charge in [0.25, 0.3) is 0 Å². The number of anilines is 1. The molecule has 4 aliphatic rings. The normalized spacial score (nSPS) is 34.7. The molecule has 0 amide bonds. The van der Waals surface area contributed by atoms with Crippen LogP contribution in [-0.2, 0) is 10.8 Å². The highest BCUT2D eigenvalue weighted by atomic mass is 15.4. The molecule has 2 aromatic carbocycles. The van der Waals surface area contributed by atoms with Gasteiger partial charge in [0.2, 0.25) is 0 Å². The average molecular weight is 399 g/mol. The standard InChI is InChI=1S/C26H30N4/c1-24(2)14-30-21(20-19(24)15-9-5-7-11-17(15)28-20)22-26(25(3,4)13-27-22)16-10-6-8-12-18(16)29-23(26)30/h5-12,21-23,27-29H,13-14H2,1-4H3. The SMILES string of the molecule is CC1(C)CN2C(c3[nH]c4ccccc4c31)C1NCC(C)(C)C13c1ccccc1NC23. The van der Waals surface area contributed by atoms with E-state index in [1.54, 1.807) is 0 Å². The fraction of sp³-hybridized carbons (Fsp3) is 0.462. The predicted molar refractivity (Wildman–Crippen MR) is 122 cm³/mol. The number of aromatic nitrogens is 1. The molecule has 1 aromatic heterocycles. The predicted octanol–water partition coefficient (Wildman–Crippen LogP) is 4.50. The Morgan fingerprint density at radius 3 is 2.60 bits per heavy atom. The highest BCUT2D eigenvalue weighted by molar-refractivity contribution is 5.86. The number of nitrogens with zero attached hydrogens (tertiary/aromatic N) is 1. The summed E-state index contributed by atoms with van der Waals surface area (Å²) in [4.78, 5) is 6.66. The third-order valence-electron chi connectivity index (χ3n) is 8.76. The second-order valence-electron chi connectivity index (χ2n) is 11.2. The van der Waals surface area contributed by atoms with E-state index < -0.39 is 0 Å². The Balaban J connectivity index is 1.53. The Morgan fingerprint density at radius 2 is 1.73 bits per heavy atom. The van der Waals surface area contributed by atoms with E-state index in [4.69, 9.17) is 0 Å². The van der Waals surface area contributed by atoms with Crippen LogP contribution in [0.5, 0.6) is 0 Å². The molecule has 3 aromatic rings. The van der Waals surface area contributed by atoms with E-state index in [-0.39, 0.29) is 16.2 Å². The van der Waals surface area contributed by atoms with Gasteiger partial charge >= 0.3 is 0 Å². The summed E-state index contributed by atoms with van der Waals surface area (Å²) in [6.45, 7) is 11.9. The second-order valence-corrected chi connectivity index (χ2v) is 11.2. The number of benzene rings is 2. The summed E-state index contributed by atoms with van der Waals surface area (Å²) in [5.41, 5.74) is 7.35. The van der Waals surface area contributed by atoms with Gasteiger partial charge in [-0.25, -0.2) is 0 Å². The molecule has 0 saturated carbocycles. The fourth-order valence-corrected chi connectivity index (χ4v) is 7.77. The molecule has 154 valence electrons. The minimum atomic E-state index is 0.0588. The van der Waals surface area contributed by atoms with Gasteiger partial charge < -0.3 is 15.6 Å². The number of fused-ring (bicyclic) bond motifs is 8. The number of hydrogen-bond acceptors (Lipinski definition) is 3. The summed E-state index contributed by atoms with van der Waals surface area (Å²) in [7, 11) is 0. The van der Waals surface area contributed by atoms with Crippen LogP contribution in [0.3, 0.4) is 0 Å². The highest BCUT2D eigenvalue weighted by Crippen LogP contribution is 2.66. The van der Waals surface area contributed by atoms with E-state index in [1.165, 1.54) is 33.4 Å². The number of aromatic amines is 1. The average Bonchev–Trinajstić information content (AvgIpc) is 3.39. The molecule has 4 unspecified atom stereocenters. The number of para-hydroxylation sites is 2. The largest absolute Gasteiger partial charge is 0.368 e. The molecule has 4 nitrogen and oxygen atoms in total. The van der Waals surface area contributed by atoms with Crippen molar-refractivity contribution in [3.63, 3.8) is 0 Å². The number of H-pyrrole nitrogens is 1. The monoisotopic (exact) mass is 398 g/mol. The molecule has 2 saturated heterocycles. The fourth-order valence-electron chi connectivity index (χ4n) is 7.77. The molecular formula is C26H30N4. The van der Waals surface area contributed by atoms with Crippen molar-refractivity contribution < 1.29 is 0 Å². The molecule has 2 fully saturated rings. The quantitative estimate of drug-likeness (QED) is 0.522. The van der Waals surface area contributed by atoms with Gasteiger partial charge in [0.05, 0.1) is 17.6 Å². The van der Waals surface area contributed by atoms with Crippen molar-refractivity contribution in [2.75, 3.05) is 18.4 Å². The van der Waals surface area contributed by atoms with Crippen molar-refractivity contribution in [1.29, 1.82) is 0 Å². The van der Waals surface area contributed by atoms with Gasteiger partial charge in [0.15, 0.2) is 0 Å². The van der Waals surface area contributed by atoms with Crippen LogP contribution >= 0.6 is 0 Å². The molecule has 4 atom stereocenters. The molecule has 0 aliphatic carbocycles. The summed E-state index contributed by atoms with van der Waals surface area (Å²) < 4.78 is 0. The van der Waals surface area contributed by atoms with Gasteiger partial charge in [0, 0.05) is 46.8 Å². The summed E-state index contributed by atoms with van der Waals surface area (Å²) in [5, 5.41) is 9.41. The summed E-state index contributed by atoms with van der Waals surface area (Å²) >= 11 is 0. The van der Waals surface area contributed by atoms with E-state index in [9.17, 15) is 0 Å². The van der Waals surface area contributed by atoms with Gasteiger partial charge in [0.1, 0.15) is 0 Å². The van der Waals surface area contributed by atoms with Crippen molar-refractivity contribution in [3.8, 4) is 0 Å². The highest BCUT2D eigenvalue weighted by Gasteiger charge is 2.73. The zero-order valence-electron chi connectivity index (χ0n) is 18.2. The van der Waals surface area contributed by atoms with E-state index >= 15 is 0 Å². The van der Waals surface area contributed by atoms with E-state index in [1.807, 2.05) is 0 Å². The van der Waals surface area contributed by atoms with Crippen LogP contribution in [0, 0.1) is 5.41 Å². The first-order valence-corrected chi connectivity index (χ1v) is 11.3. The van der Waals surface area contributed by atoms with Gasteiger partial charge in [-0.3, -0.25) is 4.90 Å². The smallest absolute Gasteiger partial charge is 0.0921 e. The van der Waals surface area contributed by atoms with Gasteiger partial charge in [-0.15, -0.1) is 0 Å². The van der Waals surface area contributed by atoms with Crippen LogP contribution in [0.1, 0.15) is 50.6 Å². The third-order valence-corrected chi connectivity index (χ3v) is 8.76. The van der Waals surface area contributed by atoms with Crippen molar-refractivity contribution >= 4 is 16.6 Å². The van der Waals surface area contributed by atoms with Crippen LogP contribution in [0.25, 0.3) is 10.9 Å². The first kappa shape index (κ1) is 17.4. The van der Waals surface area contributed by atoms with Crippen LogP contribution in [0.4, 0.5) is 5.69 Å². The first-order valence-electron chi connectivity index (χ1n) is 11.3. The zero-order chi connectivity index (χ0) is 20.5. The lowest BCUT2D eigenvalue weighted by Crippen LogP contribution is -2.54. The number of nitrogens with one attached hydrogen (secondary N) is 3. The lowest BCUT2D eigenvalue weighted by Gasteiger charge is -2.45. The number of hydrogen-bond donors (Lipinski definition) is 3. The third kappa shape index (κ3) is 1.71. The Hall–Kier alpha value is -2.30. The molecule has 4 heteroatoms. The van der Waals surface area contributed by atoms with E-state index in [0.29, 0.717) is 18.2 Å². The van der Waals surface area contributed by atoms with Crippen LogP contribution < -0.4 is 10.6 Å². The lowest BCUT2D eigenvalue weighted by atomic mass is 9.61. The van der Waals surface area contributed by atoms with Gasteiger partial charge in [-0.1, -0.05) is 64.1 Å². The maximum atomic E-state index is 4.02. The maximum Gasteiger partial charge on any atom is 0.0921 e. The molecule has 1 spiro atoms. The summed E-state index contributed by atoms with van der Waals surface area (Å²) in [6.07, 6.45) is 0.314. The second kappa shape index (κ2) is 5.12. The van der Waals surface area contributed by atoms with Crippen LogP contribution in [-0.4, -0.2) is 35.2 Å². The maximum absolute atomic E-state index is 4.02. The topological polar surface area (TPSA) is 43.1 Å². The Kier molecular flexibility index (Phi) is 2.97. The minimum absolute atomic E-state index is 0.0588. The van der Waals surface area contributed by atoms with Crippen LogP contribution in [0.15, 0.2) is 48.5 Å². The minimum Gasteiger partial charge on any atom is -0.368 e. The van der Waals surface area contributed by atoms with Crippen LogP contribution in [0.2, 0.25) is 0 Å². The molecule has 0 bridgehead atoms. The van der Waals surface area contributed by atoms with Crippen molar-refractivity contribution in [1.82, 2.24) is 15.2 Å². The molecular weight excluding hydrogens is 368 g/mol. The number of rotatable bonds is 0. The molecule has 30 heavy (non-hydrogen) atoms. The van der Waals surface area contributed by atoms with E-state index in [2.05, 4.69) is 96.7 Å². The van der Waals surface area contributed by atoms with Crippen molar-refractivity contribution in [3.05, 3.63) is 65.4 Å². The van der Waals surface area contributed by atoms with Gasteiger partial charge in [-0.2, -0.15) is 0 Å². The molecule has 5 heterocycles. The summed E-state index contributed by atoms with van der Waals surface area (Å²) in [6, 6.07) is 18.6. The van der Waals surface area contributed by atoms with E-state index in [0.717, 1.165) is 13.1 Å². The molecule has 0 radical (unpaired) electrons. The van der Waals surface area contributed by atoms with Crippen molar-refractivity contribution in [2.24, 2.45) is 5.41 Å². The summed E-state index contributed by atoms with van der Waals surface area (Å²) in [5.74, 6) is 0.